The van der Waals surface area contributed by atoms with Crippen molar-refractivity contribution in [2.45, 2.75) is 26.4 Å². The number of hydrogen-bond donors (Lipinski definition) is 1. The van der Waals surface area contributed by atoms with Crippen LogP contribution in [0.1, 0.15) is 24.5 Å². The van der Waals surface area contributed by atoms with Gasteiger partial charge in [-0.3, -0.25) is 4.79 Å². The van der Waals surface area contributed by atoms with Crippen molar-refractivity contribution in [3.05, 3.63) is 35.4 Å². The SMILES string of the molecule is CC1CC(=O)N(Cc2ccccc2CN)C1. The monoisotopic (exact) mass is 218 g/mol. The Hall–Kier alpha value is -1.35. The van der Waals surface area contributed by atoms with Gasteiger partial charge in [-0.05, 0) is 17.0 Å². The summed E-state index contributed by atoms with van der Waals surface area (Å²) in [6.45, 7) is 4.23. The largest absolute Gasteiger partial charge is 0.338 e. The molecule has 0 aromatic heterocycles. The molecule has 3 heteroatoms. The van der Waals surface area contributed by atoms with Gasteiger partial charge in [0, 0.05) is 26.1 Å². The van der Waals surface area contributed by atoms with E-state index in [-0.39, 0.29) is 5.91 Å². The van der Waals surface area contributed by atoms with Crippen LogP contribution in [0.25, 0.3) is 0 Å². The van der Waals surface area contributed by atoms with Crippen molar-refractivity contribution in [3.8, 4) is 0 Å². The van der Waals surface area contributed by atoms with E-state index in [1.807, 2.05) is 23.1 Å². The molecule has 0 aliphatic carbocycles. The van der Waals surface area contributed by atoms with Crippen molar-refractivity contribution >= 4 is 5.91 Å². The van der Waals surface area contributed by atoms with Crippen molar-refractivity contribution in [3.63, 3.8) is 0 Å². The van der Waals surface area contributed by atoms with Crippen LogP contribution in [0.3, 0.4) is 0 Å². The third-order valence-corrected chi connectivity index (χ3v) is 3.11. The Kier molecular flexibility index (Phi) is 3.25. The molecule has 0 spiro atoms. The van der Waals surface area contributed by atoms with E-state index in [0.29, 0.717) is 25.4 Å². The Bertz CT molecular complexity index is 389. The Morgan fingerprint density at radius 1 is 1.38 bits per heavy atom. The number of carbonyl (C=O) groups excluding carboxylic acids is 1. The number of likely N-dealkylation sites (tertiary alicyclic amines) is 1. The molecule has 1 aromatic carbocycles. The summed E-state index contributed by atoms with van der Waals surface area (Å²) in [4.78, 5) is 13.6. The second kappa shape index (κ2) is 4.66. The molecule has 16 heavy (non-hydrogen) atoms. The zero-order valence-corrected chi connectivity index (χ0v) is 9.65. The molecule has 1 saturated heterocycles. The van der Waals surface area contributed by atoms with Crippen LogP contribution in [0.15, 0.2) is 24.3 Å². The Labute approximate surface area is 96.2 Å². The standard InChI is InChI=1S/C13H18N2O/c1-10-6-13(16)15(8-10)9-12-5-3-2-4-11(12)7-14/h2-5,10H,6-9,14H2,1H3. The van der Waals surface area contributed by atoms with Crippen molar-refractivity contribution in [2.24, 2.45) is 11.7 Å². The first-order chi connectivity index (χ1) is 7.70. The molecule has 86 valence electrons. The summed E-state index contributed by atoms with van der Waals surface area (Å²) in [5, 5.41) is 0. The molecular formula is C13H18N2O. The Balaban J connectivity index is 2.12. The molecule has 1 atom stereocenters. The highest BCUT2D eigenvalue weighted by atomic mass is 16.2. The number of nitrogens with two attached hydrogens (primary N) is 1. The molecule has 1 aliphatic heterocycles. The van der Waals surface area contributed by atoms with Crippen LogP contribution in [-0.4, -0.2) is 17.4 Å². The summed E-state index contributed by atoms with van der Waals surface area (Å²) in [6.07, 6.45) is 0.685. The zero-order valence-electron chi connectivity index (χ0n) is 9.65. The number of amides is 1. The molecule has 1 amide bonds. The minimum Gasteiger partial charge on any atom is -0.338 e. The van der Waals surface area contributed by atoms with Crippen molar-refractivity contribution in [1.29, 1.82) is 0 Å². The van der Waals surface area contributed by atoms with E-state index in [4.69, 9.17) is 5.73 Å². The molecule has 0 radical (unpaired) electrons. The maximum atomic E-state index is 11.7. The molecule has 1 unspecified atom stereocenters. The lowest BCUT2D eigenvalue weighted by atomic mass is 10.1. The average Bonchev–Trinajstić information content (AvgIpc) is 2.58. The highest BCUT2D eigenvalue weighted by Gasteiger charge is 2.26. The number of benzene rings is 1. The van der Waals surface area contributed by atoms with E-state index in [2.05, 4.69) is 13.0 Å². The number of nitrogens with zero attached hydrogens (tertiary/aromatic N) is 1. The van der Waals surface area contributed by atoms with Crippen LogP contribution in [0.4, 0.5) is 0 Å². The van der Waals surface area contributed by atoms with Crippen molar-refractivity contribution in [2.75, 3.05) is 6.54 Å². The van der Waals surface area contributed by atoms with Gasteiger partial charge in [0.1, 0.15) is 0 Å². The predicted octanol–water partition coefficient (Wildman–Crippen LogP) is 1.51. The Morgan fingerprint density at radius 2 is 2.06 bits per heavy atom. The minimum atomic E-state index is 0.263. The lowest BCUT2D eigenvalue weighted by molar-refractivity contribution is -0.128. The van der Waals surface area contributed by atoms with Gasteiger partial charge in [-0.25, -0.2) is 0 Å². The molecule has 1 aliphatic rings. The van der Waals surface area contributed by atoms with Gasteiger partial charge >= 0.3 is 0 Å². The first-order valence-corrected chi connectivity index (χ1v) is 5.75. The van der Waals surface area contributed by atoms with Crippen LogP contribution < -0.4 is 5.73 Å². The molecule has 3 nitrogen and oxygen atoms in total. The minimum absolute atomic E-state index is 0.263. The molecule has 0 saturated carbocycles. The highest BCUT2D eigenvalue weighted by molar-refractivity contribution is 5.78. The second-order valence-corrected chi connectivity index (χ2v) is 4.56. The summed E-state index contributed by atoms with van der Waals surface area (Å²) in [5.74, 6) is 0.747. The maximum Gasteiger partial charge on any atom is 0.223 e. The van der Waals surface area contributed by atoms with Crippen molar-refractivity contribution < 1.29 is 4.79 Å². The Morgan fingerprint density at radius 3 is 2.62 bits per heavy atom. The van der Waals surface area contributed by atoms with Gasteiger partial charge in [0.05, 0.1) is 0 Å². The molecule has 2 N–H and O–H groups in total. The molecule has 1 aromatic rings. The van der Waals surface area contributed by atoms with Crippen molar-refractivity contribution in [1.82, 2.24) is 4.90 Å². The van der Waals surface area contributed by atoms with Crippen LogP contribution in [0.5, 0.6) is 0 Å². The van der Waals surface area contributed by atoms with E-state index >= 15 is 0 Å². The van der Waals surface area contributed by atoms with Gasteiger partial charge in [-0.15, -0.1) is 0 Å². The highest BCUT2D eigenvalue weighted by Crippen LogP contribution is 2.20. The fourth-order valence-corrected chi connectivity index (χ4v) is 2.24. The van der Waals surface area contributed by atoms with Gasteiger partial charge < -0.3 is 10.6 Å². The maximum absolute atomic E-state index is 11.7. The fraction of sp³-hybridized carbons (Fsp3) is 0.462. The van der Waals surface area contributed by atoms with Crippen LogP contribution in [0.2, 0.25) is 0 Å². The van der Waals surface area contributed by atoms with E-state index in [1.54, 1.807) is 0 Å². The first-order valence-electron chi connectivity index (χ1n) is 5.75. The van der Waals surface area contributed by atoms with Gasteiger partial charge in [0.2, 0.25) is 5.91 Å². The zero-order chi connectivity index (χ0) is 11.5. The lowest BCUT2D eigenvalue weighted by Gasteiger charge is -2.18. The van der Waals surface area contributed by atoms with Gasteiger partial charge in [-0.2, -0.15) is 0 Å². The molecule has 1 heterocycles. The summed E-state index contributed by atoms with van der Waals surface area (Å²) in [5.41, 5.74) is 7.99. The predicted molar refractivity (Wildman–Crippen MR) is 63.5 cm³/mol. The average molecular weight is 218 g/mol. The van der Waals surface area contributed by atoms with Crippen LogP contribution in [0, 0.1) is 5.92 Å². The van der Waals surface area contributed by atoms with Gasteiger partial charge in [-0.1, -0.05) is 31.2 Å². The van der Waals surface area contributed by atoms with E-state index in [9.17, 15) is 4.79 Å². The topological polar surface area (TPSA) is 46.3 Å². The number of rotatable bonds is 3. The van der Waals surface area contributed by atoms with Crippen LogP contribution in [-0.2, 0) is 17.9 Å². The quantitative estimate of drug-likeness (QED) is 0.836. The fourth-order valence-electron chi connectivity index (χ4n) is 2.24. The van der Waals surface area contributed by atoms with Gasteiger partial charge in [0.25, 0.3) is 0 Å². The first kappa shape index (κ1) is 11.1. The molecule has 1 fully saturated rings. The smallest absolute Gasteiger partial charge is 0.223 e. The van der Waals surface area contributed by atoms with Crippen LogP contribution >= 0.6 is 0 Å². The summed E-state index contributed by atoms with van der Waals surface area (Å²) in [6, 6.07) is 8.07. The molecular weight excluding hydrogens is 200 g/mol. The van der Waals surface area contributed by atoms with Gasteiger partial charge in [0.15, 0.2) is 0 Å². The van der Waals surface area contributed by atoms with E-state index in [1.165, 1.54) is 5.56 Å². The third kappa shape index (κ3) is 2.25. The number of carbonyl (C=O) groups is 1. The molecule has 2 rings (SSSR count). The summed E-state index contributed by atoms with van der Waals surface area (Å²) < 4.78 is 0. The second-order valence-electron chi connectivity index (χ2n) is 4.56. The summed E-state index contributed by atoms with van der Waals surface area (Å²) in [7, 11) is 0. The third-order valence-electron chi connectivity index (χ3n) is 3.11. The normalized spacial score (nSPS) is 20.5. The summed E-state index contributed by atoms with van der Waals surface area (Å²) >= 11 is 0. The number of hydrogen-bond acceptors (Lipinski definition) is 2. The van der Waals surface area contributed by atoms with E-state index < -0.39 is 0 Å². The lowest BCUT2D eigenvalue weighted by Crippen LogP contribution is -2.25. The molecule has 0 bridgehead atoms. The van der Waals surface area contributed by atoms with E-state index in [0.717, 1.165) is 12.1 Å².